The summed E-state index contributed by atoms with van der Waals surface area (Å²) in [4.78, 5) is 54.7. The Morgan fingerprint density at radius 3 is 2.00 bits per heavy atom. The first-order chi connectivity index (χ1) is 18.3. The van der Waals surface area contributed by atoms with Crippen LogP contribution in [-0.4, -0.2) is 58.1 Å². The van der Waals surface area contributed by atoms with Gasteiger partial charge in [0, 0.05) is 18.5 Å². The lowest BCUT2D eigenvalue weighted by Crippen LogP contribution is -2.58. The third-order valence-corrected chi connectivity index (χ3v) is 6.34. The summed E-state index contributed by atoms with van der Waals surface area (Å²) < 4.78 is 40.1. The van der Waals surface area contributed by atoms with Crippen LogP contribution in [0.25, 0.3) is 5.70 Å². The van der Waals surface area contributed by atoms with E-state index in [0.29, 0.717) is 11.1 Å². The molecule has 0 bridgehead atoms. The molecule has 208 valence electrons. The van der Waals surface area contributed by atoms with Crippen molar-refractivity contribution in [2.75, 3.05) is 6.54 Å². The molecule has 0 radical (unpaired) electrons. The van der Waals surface area contributed by atoms with E-state index in [2.05, 4.69) is 5.32 Å². The zero-order valence-electron chi connectivity index (χ0n) is 22.2. The number of hydrogen-bond donors (Lipinski definition) is 1. The number of Topliss-reactive ketones (excluding diaryl/α,β-unsaturated/α-hetero) is 1. The second-order valence-corrected chi connectivity index (χ2v) is 10.1. The molecule has 1 aliphatic rings. The molecular formula is C29H32F3N3O4. The summed E-state index contributed by atoms with van der Waals surface area (Å²) >= 11 is 0. The summed E-state index contributed by atoms with van der Waals surface area (Å²) in [6, 6.07) is 13.8. The molecule has 3 rings (SSSR count). The molecule has 0 saturated carbocycles. The third kappa shape index (κ3) is 7.13. The van der Waals surface area contributed by atoms with Crippen molar-refractivity contribution in [1.29, 1.82) is 0 Å². The minimum absolute atomic E-state index is 0.253. The summed E-state index contributed by atoms with van der Waals surface area (Å²) in [5, 5.41) is 2.20. The van der Waals surface area contributed by atoms with Crippen LogP contribution in [0.15, 0.2) is 66.9 Å². The molecule has 2 aromatic carbocycles. The average molecular weight is 544 g/mol. The second-order valence-electron chi connectivity index (χ2n) is 10.1. The Labute approximate surface area is 225 Å². The SMILES string of the molecule is CC(C)C(=O)N1C=C(c2ccccc2)N(CC(=O)NC(Cc2ccccc2)C(=O)C(F)(F)F)C(=O)[C@H]1C(C)C. The molecule has 1 N–H and O–H groups in total. The number of hydrogen-bond acceptors (Lipinski definition) is 4. The predicted molar refractivity (Wildman–Crippen MR) is 140 cm³/mol. The van der Waals surface area contributed by atoms with Crippen molar-refractivity contribution >= 4 is 29.2 Å². The van der Waals surface area contributed by atoms with Crippen LogP contribution in [0.3, 0.4) is 0 Å². The lowest BCUT2D eigenvalue weighted by molar-refractivity contribution is -0.173. The molecule has 0 aromatic heterocycles. The molecule has 0 saturated heterocycles. The number of ketones is 1. The minimum Gasteiger partial charge on any atom is -0.344 e. The average Bonchev–Trinajstić information content (AvgIpc) is 2.88. The van der Waals surface area contributed by atoms with E-state index in [1.54, 1.807) is 88.4 Å². The van der Waals surface area contributed by atoms with E-state index in [1.807, 2.05) is 0 Å². The van der Waals surface area contributed by atoms with Crippen LogP contribution in [0.5, 0.6) is 0 Å². The standard InChI is InChI=1S/C29H32F3N3O4/c1-18(2)25-28(39)34(23(21-13-9-6-10-14-21)16-35(25)27(38)19(3)4)17-24(36)33-22(26(37)29(30,31)32)15-20-11-7-5-8-12-20/h5-14,16,18-19,22,25H,15,17H2,1-4H3,(H,33,36)/t22?,25-/m1/s1. The maximum absolute atomic E-state index is 13.8. The molecule has 2 aromatic rings. The van der Waals surface area contributed by atoms with Crippen molar-refractivity contribution in [2.45, 2.75) is 52.4 Å². The highest BCUT2D eigenvalue weighted by molar-refractivity contribution is 6.00. The summed E-state index contributed by atoms with van der Waals surface area (Å²) in [6.07, 6.45) is -4.02. The fourth-order valence-electron chi connectivity index (χ4n) is 4.43. The van der Waals surface area contributed by atoms with Gasteiger partial charge in [-0.2, -0.15) is 13.2 Å². The topological polar surface area (TPSA) is 86.8 Å². The van der Waals surface area contributed by atoms with E-state index >= 15 is 0 Å². The highest BCUT2D eigenvalue weighted by atomic mass is 19.4. The lowest BCUT2D eigenvalue weighted by atomic mass is 9.95. The predicted octanol–water partition coefficient (Wildman–Crippen LogP) is 4.20. The van der Waals surface area contributed by atoms with Crippen LogP contribution < -0.4 is 5.32 Å². The van der Waals surface area contributed by atoms with Crippen molar-refractivity contribution < 1.29 is 32.3 Å². The highest BCUT2D eigenvalue weighted by Crippen LogP contribution is 2.31. The molecule has 1 aliphatic heterocycles. The number of halogens is 3. The number of alkyl halides is 3. The maximum atomic E-state index is 13.8. The number of carbonyl (C=O) groups excluding carboxylic acids is 4. The van der Waals surface area contributed by atoms with Crippen LogP contribution in [0.1, 0.15) is 38.8 Å². The van der Waals surface area contributed by atoms with Crippen molar-refractivity contribution in [1.82, 2.24) is 15.1 Å². The van der Waals surface area contributed by atoms with Gasteiger partial charge in [-0.05, 0) is 17.0 Å². The zero-order chi connectivity index (χ0) is 28.9. The zero-order valence-corrected chi connectivity index (χ0v) is 22.2. The van der Waals surface area contributed by atoms with Gasteiger partial charge in [0.2, 0.25) is 11.8 Å². The maximum Gasteiger partial charge on any atom is 0.452 e. The van der Waals surface area contributed by atoms with Gasteiger partial charge in [0.1, 0.15) is 18.6 Å². The number of benzene rings is 2. The molecule has 10 heteroatoms. The van der Waals surface area contributed by atoms with Gasteiger partial charge in [0.15, 0.2) is 0 Å². The van der Waals surface area contributed by atoms with Crippen molar-refractivity contribution in [3.8, 4) is 0 Å². The van der Waals surface area contributed by atoms with Gasteiger partial charge in [-0.15, -0.1) is 0 Å². The highest BCUT2D eigenvalue weighted by Gasteiger charge is 2.45. The van der Waals surface area contributed by atoms with Crippen molar-refractivity contribution in [2.24, 2.45) is 11.8 Å². The van der Waals surface area contributed by atoms with Crippen molar-refractivity contribution in [3.63, 3.8) is 0 Å². The van der Waals surface area contributed by atoms with E-state index in [4.69, 9.17) is 0 Å². The fraction of sp³-hybridized carbons (Fsp3) is 0.379. The van der Waals surface area contributed by atoms with Gasteiger partial charge in [-0.3, -0.25) is 24.1 Å². The van der Waals surface area contributed by atoms with Crippen LogP contribution in [0.2, 0.25) is 0 Å². The van der Waals surface area contributed by atoms with E-state index in [-0.39, 0.29) is 23.9 Å². The minimum atomic E-state index is -5.16. The quantitative estimate of drug-likeness (QED) is 0.514. The van der Waals surface area contributed by atoms with Gasteiger partial charge in [0.25, 0.3) is 11.7 Å². The Hall–Kier alpha value is -3.95. The van der Waals surface area contributed by atoms with Gasteiger partial charge < -0.3 is 10.2 Å². The number of nitrogens with one attached hydrogen (secondary N) is 1. The molecule has 0 spiro atoms. The van der Waals surface area contributed by atoms with Crippen LogP contribution in [-0.2, 0) is 25.6 Å². The molecule has 1 heterocycles. The fourth-order valence-corrected chi connectivity index (χ4v) is 4.43. The molecule has 0 aliphatic carbocycles. The smallest absolute Gasteiger partial charge is 0.344 e. The Bertz CT molecular complexity index is 1230. The summed E-state index contributed by atoms with van der Waals surface area (Å²) in [5.74, 6) is -4.58. The third-order valence-electron chi connectivity index (χ3n) is 6.34. The lowest BCUT2D eigenvalue weighted by Gasteiger charge is -2.41. The molecule has 2 atom stereocenters. The Kier molecular flexibility index (Phi) is 9.32. The molecule has 39 heavy (non-hydrogen) atoms. The van der Waals surface area contributed by atoms with E-state index in [0.717, 1.165) is 4.90 Å². The molecular weight excluding hydrogens is 511 g/mol. The Morgan fingerprint density at radius 2 is 1.49 bits per heavy atom. The second kappa shape index (κ2) is 12.3. The van der Waals surface area contributed by atoms with Crippen LogP contribution >= 0.6 is 0 Å². The van der Waals surface area contributed by atoms with Gasteiger partial charge in [0.05, 0.1) is 5.70 Å². The number of carbonyl (C=O) groups is 4. The van der Waals surface area contributed by atoms with Crippen molar-refractivity contribution in [3.05, 3.63) is 78.0 Å². The number of amides is 3. The number of nitrogens with zero attached hydrogens (tertiary/aromatic N) is 2. The first kappa shape index (κ1) is 29.6. The Balaban J connectivity index is 1.97. The van der Waals surface area contributed by atoms with Crippen LogP contribution in [0.4, 0.5) is 13.2 Å². The monoisotopic (exact) mass is 543 g/mol. The first-order valence-corrected chi connectivity index (χ1v) is 12.7. The van der Waals surface area contributed by atoms with E-state index in [1.165, 1.54) is 11.1 Å². The van der Waals surface area contributed by atoms with Gasteiger partial charge in [-0.1, -0.05) is 88.4 Å². The molecule has 1 unspecified atom stereocenters. The van der Waals surface area contributed by atoms with E-state index < -0.39 is 48.3 Å². The summed E-state index contributed by atoms with van der Waals surface area (Å²) in [6.45, 7) is 6.32. The largest absolute Gasteiger partial charge is 0.452 e. The Morgan fingerprint density at radius 1 is 0.923 bits per heavy atom. The molecule has 0 fully saturated rings. The summed E-state index contributed by atoms with van der Waals surface area (Å²) in [7, 11) is 0. The number of rotatable bonds is 9. The first-order valence-electron chi connectivity index (χ1n) is 12.7. The summed E-state index contributed by atoms with van der Waals surface area (Å²) in [5.41, 5.74) is 1.22. The van der Waals surface area contributed by atoms with Gasteiger partial charge >= 0.3 is 6.18 Å². The normalized spacial score (nSPS) is 16.8. The van der Waals surface area contributed by atoms with Gasteiger partial charge in [-0.25, -0.2) is 0 Å². The van der Waals surface area contributed by atoms with Crippen LogP contribution in [0, 0.1) is 11.8 Å². The van der Waals surface area contributed by atoms with E-state index in [9.17, 15) is 32.3 Å². The molecule has 3 amide bonds. The molecule has 7 nitrogen and oxygen atoms in total.